The van der Waals surface area contributed by atoms with E-state index in [-0.39, 0.29) is 0 Å². The Hall–Kier alpha value is -1.59. The van der Waals surface area contributed by atoms with Crippen LogP contribution >= 0.6 is 11.8 Å². The molecule has 1 spiro atoms. The van der Waals surface area contributed by atoms with Gasteiger partial charge in [-0.1, -0.05) is 36.0 Å². The number of aromatic nitrogens is 2. The van der Waals surface area contributed by atoms with Crippen molar-refractivity contribution in [1.82, 2.24) is 15.3 Å². The van der Waals surface area contributed by atoms with E-state index in [4.69, 9.17) is 9.97 Å². The third-order valence-electron chi connectivity index (χ3n) is 7.06. The Bertz CT molecular complexity index is 883. The molecule has 1 fully saturated rings. The maximum Gasteiger partial charge on any atom is 0.189 e. The van der Waals surface area contributed by atoms with E-state index in [1.807, 2.05) is 0 Å². The Morgan fingerprint density at radius 1 is 1.11 bits per heavy atom. The van der Waals surface area contributed by atoms with E-state index in [0.717, 1.165) is 37.6 Å². The van der Waals surface area contributed by atoms with Crippen molar-refractivity contribution in [3.05, 3.63) is 46.6 Å². The minimum atomic E-state index is 0.387. The lowest BCUT2D eigenvalue weighted by atomic mass is 9.63. The second-order valence-corrected chi connectivity index (χ2v) is 9.60. The summed E-state index contributed by atoms with van der Waals surface area (Å²) in [6, 6.07) is 9.53. The third kappa shape index (κ3) is 3.22. The van der Waals surface area contributed by atoms with Crippen molar-refractivity contribution in [2.45, 2.75) is 56.6 Å². The number of rotatable bonds is 2. The van der Waals surface area contributed by atoms with Gasteiger partial charge in [-0.05, 0) is 68.2 Å². The Labute approximate surface area is 172 Å². The second kappa shape index (κ2) is 7.34. The highest BCUT2D eigenvalue weighted by Gasteiger charge is 2.40. The zero-order valence-electron chi connectivity index (χ0n) is 17.0. The van der Waals surface area contributed by atoms with Gasteiger partial charge in [-0.15, -0.1) is 0 Å². The van der Waals surface area contributed by atoms with Crippen LogP contribution in [0, 0.1) is 5.41 Å². The van der Waals surface area contributed by atoms with Crippen molar-refractivity contribution in [1.29, 1.82) is 0 Å². The number of thioether (sulfide) groups is 1. The first-order valence-electron chi connectivity index (χ1n) is 10.7. The molecular weight excluding hydrogens is 364 g/mol. The molecule has 0 amide bonds. The molecule has 2 aliphatic carbocycles. The minimum Gasteiger partial charge on any atom is -0.351 e. The van der Waals surface area contributed by atoms with Gasteiger partial charge in [0.2, 0.25) is 0 Å². The monoisotopic (exact) mass is 394 g/mol. The Morgan fingerprint density at radius 2 is 1.93 bits per heavy atom. The van der Waals surface area contributed by atoms with Crippen LogP contribution in [0.4, 0.5) is 5.82 Å². The molecule has 2 aromatic rings. The number of hydrogen-bond acceptors (Lipinski definition) is 5. The van der Waals surface area contributed by atoms with E-state index in [1.54, 1.807) is 22.9 Å². The molecule has 0 unspecified atom stereocenters. The molecule has 1 aromatic carbocycles. The molecule has 4 nitrogen and oxygen atoms in total. The fraction of sp³-hybridized carbons (Fsp3) is 0.565. The van der Waals surface area contributed by atoms with E-state index in [1.165, 1.54) is 42.8 Å². The number of anilines is 1. The molecule has 5 heteroatoms. The summed E-state index contributed by atoms with van der Waals surface area (Å²) in [5.41, 5.74) is 6.26. The maximum atomic E-state index is 5.03. The number of aryl methyl sites for hydroxylation is 1. The minimum absolute atomic E-state index is 0.387. The average molecular weight is 395 g/mol. The summed E-state index contributed by atoms with van der Waals surface area (Å²) in [5.74, 6) is 1.22. The van der Waals surface area contributed by atoms with E-state index < -0.39 is 0 Å². The van der Waals surface area contributed by atoms with Crippen LogP contribution in [-0.4, -0.2) is 41.9 Å². The van der Waals surface area contributed by atoms with Crippen LogP contribution < -0.4 is 10.2 Å². The predicted molar refractivity (Wildman–Crippen MR) is 116 cm³/mol. The number of fused-ring (bicyclic) bond motifs is 2. The number of hydrogen-bond donors (Lipinski definition) is 1. The predicted octanol–water partition coefficient (Wildman–Crippen LogP) is 3.66. The SMILES string of the molecule is CSc1nc2c(c(N3CCNC[C@@H]3C)n1)CC[C@@]1(CCc3ccccc3C1)C2. The Kier molecular flexibility index (Phi) is 4.84. The molecule has 1 saturated heterocycles. The quantitative estimate of drug-likeness (QED) is 0.622. The smallest absolute Gasteiger partial charge is 0.189 e. The molecule has 28 heavy (non-hydrogen) atoms. The summed E-state index contributed by atoms with van der Waals surface area (Å²) >= 11 is 1.68. The van der Waals surface area contributed by atoms with Crippen LogP contribution in [0.3, 0.4) is 0 Å². The first-order valence-corrected chi connectivity index (χ1v) is 11.9. The largest absolute Gasteiger partial charge is 0.351 e. The highest BCUT2D eigenvalue weighted by Crippen LogP contribution is 2.46. The van der Waals surface area contributed by atoms with E-state index >= 15 is 0 Å². The van der Waals surface area contributed by atoms with E-state index in [0.29, 0.717) is 11.5 Å². The van der Waals surface area contributed by atoms with Crippen molar-refractivity contribution in [3.8, 4) is 0 Å². The first-order chi connectivity index (χ1) is 13.7. The van der Waals surface area contributed by atoms with Crippen LogP contribution in [-0.2, 0) is 25.7 Å². The van der Waals surface area contributed by atoms with Gasteiger partial charge in [0.15, 0.2) is 5.16 Å². The molecule has 1 N–H and O–H groups in total. The molecule has 0 saturated carbocycles. The zero-order valence-corrected chi connectivity index (χ0v) is 17.8. The number of benzene rings is 1. The lowest BCUT2D eigenvalue weighted by molar-refractivity contribution is 0.206. The highest BCUT2D eigenvalue weighted by atomic mass is 32.2. The van der Waals surface area contributed by atoms with Crippen LogP contribution in [0.5, 0.6) is 0 Å². The lowest BCUT2D eigenvalue weighted by Crippen LogP contribution is -2.51. The molecule has 3 aliphatic rings. The fourth-order valence-corrected chi connectivity index (χ4v) is 5.83. The molecular formula is C23H30N4S. The van der Waals surface area contributed by atoms with Crippen molar-refractivity contribution in [3.63, 3.8) is 0 Å². The van der Waals surface area contributed by atoms with Crippen molar-refractivity contribution in [2.75, 3.05) is 30.8 Å². The van der Waals surface area contributed by atoms with Crippen LogP contribution in [0.2, 0.25) is 0 Å². The van der Waals surface area contributed by atoms with Crippen molar-refractivity contribution in [2.24, 2.45) is 5.41 Å². The normalized spacial score (nSPS) is 26.8. The Balaban J connectivity index is 1.50. The fourth-order valence-electron chi connectivity index (χ4n) is 5.45. The van der Waals surface area contributed by atoms with Crippen molar-refractivity contribution < 1.29 is 0 Å². The number of nitrogens with zero attached hydrogens (tertiary/aromatic N) is 3. The van der Waals surface area contributed by atoms with Gasteiger partial charge in [0.1, 0.15) is 5.82 Å². The molecule has 148 valence electrons. The van der Waals surface area contributed by atoms with E-state index in [2.05, 4.69) is 47.7 Å². The molecule has 1 aliphatic heterocycles. The van der Waals surface area contributed by atoms with Gasteiger partial charge in [-0.25, -0.2) is 9.97 Å². The summed E-state index contributed by atoms with van der Waals surface area (Å²) in [5, 5.41) is 4.45. The summed E-state index contributed by atoms with van der Waals surface area (Å²) in [4.78, 5) is 12.5. The van der Waals surface area contributed by atoms with Gasteiger partial charge in [-0.3, -0.25) is 0 Å². The second-order valence-electron chi connectivity index (χ2n) is 8.83. The van der Waals surface area contributed by atoms with Crippen LogP contribution in [0.15, 0.2) is 29.4 Å². The summed E-state index contributed by atoms with van der Waals surface area (Å²) in [6.45, 7) is 5.42. The van der Waals surface area contributed by atoms with Gasteiger partial charge in [0, 0.05) is 31.2 Å². The molecule has 0 radical (unpaired) electrons. The number of nitrogens with one attached hydrogen (secondary N) is 1. The maximum absolute atomic E-state index is 5.03. The van der Waals surface area contributed by atoms with Gasteiger partial charge < -0.3 is 10.2 Å². The Morgan fingerprint density at radius 3 is 2.75 bits per heavy atom. The van der Waals surface area contributed by atoms with Crippen LogP contribution in [0.1, 0.15) is 42.1 Å². The topological polar surface area (TPSA) is 41.1 Å². The average Bonchev–Trinajstić information content (AvgIpc) is 2.73. The standard InChI is InChI=1S/C23H30N4S/c1-16-15-24-11-12-27(16)21-19-8-10-23(14-20(19)25-22(26-21)28-2)9-7-17-5-3-4-6-18(17)13-23/h3-6,16,24H,7-15H2,1-2H3/t16-,23+/m0/s1. The highest BCUT2D eigenvalue weighted by molar-refractivity contribution is 7.98. The summed E-state index contributed by atoms with van der Waals surface area (Å²) in [7, 11) is 0. The first kappa shape index (κ1) is 18.4. The summed E-state index contributed by atoms with van der Waals surface area (Å²) < 4.78 is 0. The van der Waals surface area contributed by atoms with Gasteiger partial charge in [0.05, 0.1) is 5.69 Å². The zero-order chi connectivity index (χ0) is 19.1. The van der Waals surface area contributed by atoms with Gasteiger partial charge in [-0.2, -0.15) is 0 Å². The number of piperazine rings is 1. The van der Waals surface area contributed by atoms with Gasteiger partial charge >= 0.3 is 0 Å². The molecule has 2 atom stereocenters. The van der Waals surface area contributed by atoms with E-state index in [9.17, 15) is 0 Å². The molecule has 5 rings (SSSR count). The molecule has 1 aromatic heterocycles. The van der Waals surface area contributed by atoms with Crippen molar-refractivity contribution >= 4 is 17.6 Å². The van der Waals surface area contributed by atoms with Gasteiger partial charge in [0.25, 0.3) is 0 Å². The van der Waals surface area contributed by atoms with Crippen LogP contribution in [0.25, 0.3) is 0 Å². The molecule has 0 bridgehead atoms. The lowest BCUT2D eigenvalue weighted by Gasteiger charge is -2.43. The molecule has 2 heterocycles. The summed E-state index contributed by atoms with van der Waals surface area (Å²) in [6.07, 6.45) is 9.32. The third-order valence-corrected chi connectivity index (χ3v) is 7.61.